The Labute approximate surface area is 139 Å². The third kappa shape index (κ3) is 3.36. The topological polar surface area (TPSA) is 87.0 Å². The highest BCUT2D eigenvalue weighted by Gasteiger charge is 2.17. The molecule has 0 fully saturated rings. The second-order valence-electron chi connectivity index (χ2n) is 5.47. The van der Waals surface area contributed by atoms with E-state index in [1.165, 1.54) is 4.68 Å². The lowest BCUT2D eigenvalue weighted by Gasteiger charge is -2.16. The average molecular weight is 325 g/mol. The van der Waals surface area contributed by atoms with Gasteiger partial charge in [0.2, 0.25) is 0 Å². The van der Waals surface area contributed by atoms with Crippen molar-refractivity contribution in [2.45, 2.75) is 13.1 Å². The van der Waals surface area contributed by atoms with Crippen LogP contribution in [-0.4, -0.2) is 49.5 Å². The van der Waals surface area contributed by atoms with Crippen LogP contribution in [0, 0.1) is 0 Å². The van der Waals surface area contributed by atoms with Crippen LogP contribution in [0.5, 0.6) is 0 Å². The molecule has 0 atom stereocenters. The number of aromatic nitrogens is 4. The van der Waals surface area contributed by atoms with Crippen molar-refractivity contribution < 1.29 is 9.90 Å². The minimum absolute atomic E-state index is 0.0628. The van der Waals surface area contributed by atoms with Gasteiger partial charge in [-0.05, 0) is 12.1 Å². The number of aliphatic hydroxyl groups is 1. The molecule has 24 heavy (non-hydrogen) atoms. The molecule has 0 saturated heterocycles. The molecule has 0 radical (unpaired) electrons. The van der Waals surface area contributed by atoms with Crippen molar-refractivity contribution in [1.29, 1.82) is 0 Å². The van der Waals surface area contributed by atoms with Crippen molar-refractivity contribution in [2.75, 3.05) is 13.7 Å². The van der Waals surface area contributed by atoms with Crippen LogP contribution in [0.2, 0.25) is 0 Å². The minimum atomic E-state index is -0.156. The molecule has 2 N–H and O–H groups in total. The number of amides is 1. The zero-order chi connectivity index (χ0) is 16.9. The summed E-state index contributed by atoms with van der Waals surface area (Å²) in [6.07, 6.45) is 1.56. The van der Waals surface area contributed by atoms with E-state index in [4.69, 9.17) is 5.11 Å². The summed E-state index contributed by atoms with van der Waals surface area (Å²) in [4.78, 5) is 14.1. The van der Waals surface area contributed by atoms with E-state index in [2.05, 4.69) is 15.3 Å². The molecule has 2 heterocycles. The molecule has 3 rings (SSSR count). The number of aliphatic hydroxyl groups excluding tert-OH is 1. The summed E-state index contributed by atoms with van der Waals surface area (Å²) in [5, 5.41) is 20.3. The van der Waals surface area contributed by atoms with Crippen LogP contribution in [0.15, 0.2) is 48.7 Å². The van der Waals surface area contributed by atoms with Gasteiger partial charge in [0.15, 0.2) is 0 Å². The summed E-state index contributed by atoms with van der Waals surface area (Å²) in [7, 11) is 1.72. The van der Waals surface area contributed by atoms with Crippen LogP contribution in [0.3, 0.4) is 0 Å². The van der Waals surface area contributed by atoms with Gasteiger partial charge in [-0.1, -0.05) is 30.3 Å². The Hall–Kier alpha value is -2.93. The lowest BCUT2D eigenvalue weighted by molar-refractivity contribution is 0.0769. The number of carbonyl (C=O) groups excluding carboxylic acids is 1. The fourth-order valence-corrected chi connectivity index (χ4v) is 2.51. The van der Waals surface area contributed by atoms with Crippen molar-refractivity contribution in [3.8, 4) is 11.3 Å². The number of nitrogens with one attached hydrogen (secondary N) is 1. The maximum atomic E-state index is 12.5. The van der Waals surface area contributed by atoms with E-state index < -0.39 is 0 Å². The number of rotatable bonds is 6. The molecule has 0 bridgehead atoms. The second-order valence-corrected chi connectivity index (χ2v) is 5.47. The summed E-state index contributed by atoms with van der Waals surface area (Å²) in [6.45, 7) is 0.639. The largest absolute Gasteiger partial charge is 0.394 e. The van der Waals surface area contributed by atoms with Crippen LogP contribution in [-0.2, 0) is 13.1 Å². The first-order valence-corrected chi connectivity index (χ1v) is 7.67. The van der Waals surface area contributed by atoms with E-state index in [1.807, 2.05) is 36.4 Å². The van der Waals surface area contributed by atoms with Crippen molar-refractivity contribution >= 4 is 5.91 Å². The van der Waals surface area contributed by atoms with E-state index in [0.717, 1.165) is 17.0 Å². The second kappa shape index (κ2) is 7.10. The number of hydrogen-bond acceptors (Lipinski definition) is 4. The molecule has 2 aromatic heterocycles. The molecule has 0 spiro atoms. The standard InChI is InChI=1S/C17H19N5O2/c1-21(17(24)16-7-8-18-22(16)9-10-23)12-14-11-15(20-19-14)13-5-3-2-4-6-13/h2-8,11,23H,9-10,12H2,1H3,(H,19,20). The maximum Gasteiger partial charge on any atom is 0.272 e. The van der Waals surface area contributed by atoms with Gasteiger partial charge in [0.05, 0.1) is 31.1 Å². The van der Waals surface area contributed by atoms with Gasteiger partial charge in [-0.15, -0.1) is 0 Å². The number of benzene rings is 1. The zero-order valence-corrected chi connectivity index (χ0v) is 13.4. The van der Waals surface area contributed by atoms with Crippen LogP contribution in [0.4, 0.5) is 0 Å². The van der Waals surface area contributed by atoms with Gasteiger partial charge in [-0.25, -0.2) is 0 Å². The molecule has 7 heteroatoms. The molecular formula is C17H19N5O2. The van der Waals surface area contributed by atoms with Gasteiger partial charge in [-0.3, -0.25) is 14.6 Å². The molecule has 124 valence electrons. The van der Waals surface area contributed by atoms with Gasteiger partial charge >= 0.3 is 0 Å². The molecule has 3 aromatic rings. The molecule has 0 aliphatic heterocycles. The Balaban J connectivity index is 1.71. The predicted octanol–water partition coefficient (Wildman–Crippen LogP) is 1.54. The zero-order valence-electron chi connectivity index (χ0n) is 13.4. The predicted molar refractivity (Wildman–Crippen MR) is 89.1 cm³/mol. The maximum absolute atomic E-state index is 12.5. The summed E-state index contributed by atoms with van der Waals surface area (Å²) in [5.41, 5.74) is 3.17. The first kappa shape index (κ1) is 15.9. The number of aromatic amines is 1. The van der Waals surface area contributed by atoms with Crippen molar-refractivity contribution in [1.82, 2.24) is 24.9 Å². The first-order valence-electron chi connectivity index (χ1n) is 7.67. The fraction of sp³-hybridized carbons (Fsp3) is 0.235. The van der Waals surface area contributed by atoms with Crippen LogP contribution >= 0.6 is 0 Å². The monoisotopic (exact) mass is 325 g/mol. The van der Waals surface area contributed by atoms with Crippen molar-refractivity contribution in [3.05, 3.63) is 60.0 Å². The van der Waals surface area contributed by atoms with Gasteiger partial charge in [0, 0.05) is 18.8 Å². The molecule has 0 saturated carbocycles. The van der Waals surface area contributed by atoms with Crippen molar-refractivity contribution in [3.63, 3.8) is 0 Å². The third-order valence-corrected chi connectivity index (χ3v) is 3.70. The van der Waals surface area contributed by atoms with E-state index in [1.54, 1.807) is 24.2 Å². The average Bonchev–Trinajstić information content (AvgIpc) is 3.25. The van der Waals surface area contributed by atoms with E-state index >= 15 is 0 Å². The lowest BCUT2D eigenvalue weighted by Crippen LogP contribution is -2.29. The van der Waals surface area contributed by atoms with E-state index in [-0.39, 0.29) is 12.5 Å². The van der Waals surface area contributed by atoms with E-state index in [0.29, 0.717) is 18.8 Å². The molecule has 7 nitrogen and oxygen atoms in total. The molecule has 0 unspecified atom stereocenters. The third-order valence-electron chi connectivity index (χ3n) is 3.70. The van der Waals surface area contributed by atoms with Gasteiger partial charge in [-0.2, -0.15) is 10.2 Å². The Morgan fingerprint density at radius 1 is 1.29 bits per heavy atom. The van der Waals surface area contributed by atoms with Crippen LogP contribution in [0.1, 0.15) is 16.2 Å². The quantitative estimate of drug-likeness (QED) is 0.720. The van der Waals surface area contributed by atoms with Gasteiger partial charge < -0.3 is 10.0 Å². The normalized spacial score (nSPS) is 10.8. The highest BCUT2D eigenvalue weighted by Crippen LogP contribution is 2.17. The van der Waals surface area contributed by atoms with E-state index in [9.17, 15) is 4.79 Å². The fourth-order valence-electron chi connectivity index (χ4n) is 2.51. The van der Waals surface area contributed by atoms with Gasteiger partial charge in [0.25, 0.3) is 5.91 Å². The minimum Gasteiger partial charge on any atom is -0.394 e. The number of hydrogen-bond donors (Lipinski definition) is 2. The molecule has 0 aliphatic carbocycles. The highest BCUT2D eigenvalue weighted by molar-refractivity contribution is 5.92. The van der Waals surface area contributed by atoms with Crippen molar-refractivity contribution in [2.24, 2.45) is 0 Å². The molecule has 0 aliphatic rings. The Morgan fingerprint density at radius 3 is 2.83 bits per heavy atom. The number of nitrogens with zero attached hydrogens (tertiary/aromatic N) is 4. The summed E-state index contributed by atoms with van der Waals surface area (Å²) in [6, 6.07) is 13.4. The Bertz CT molecular complexity index is 809. The molecular weight excluding hydrogens is 306 g/mol. The summed E-state index contributed by atoms with van der Waals surface area (Å²) in [5.74, 6) is -0.156. The summed E-state index contributed by atoms with van der Waals surface area (Å²) < 4.78 is 1.50. The molecule has 1 amide bonds. The Kier molecular flexibility index (Phi) is 4.72. The molecule has 1 aromatic carbocycles. The smallest absolute Gasteiger partial charge is 0.272 e. The Morgan fingerprint density at radius 2 is 2.08 bits per heavy atom. The van der Waals surface area contributed by atoms with Gasteiger partial charge in [0.1, 0.15) is 5.69 Å². The highest BCUT2D eigenvalue weighted by atomic mass is 16.3. The first-order chi connectivity index (χ1) is 11.7. The number of H-pyrrole nitrogens is 1. The summed E-state index contributed by atoms with van der Waals surface area (Å²) >= 11 is 0. The lowest BCUT2D eigenvalue weighted by atomic mass is 10.1. The van der Waals surface area contributed by atoms with Crippen LogP contribution < -0.4 is 0 Å². The SMILES string of the molecule is CN(Cc1cc(-c2ccccc2)n[nH]1)C(=O)c1ccnn1CCO. The number of carbonyl (C=O) groups is 1. The van der Waals surface area contributed by atoms with Crippen LogP contribution in [0.25, 0.3) is 11.3 Å².